The van der Waals surface area contributed by atoms with Gasteiger partial charge < -0.3 is 9.64 Å². The van der Waals surface area contributed by atoms with Crippen LogP contribution in [0.25, 0.3) is 0 Å². The Morgan fingerprint density at radius 1 is 1.15 bits per heavy atom. The summed E-state index contributed by atoms with van der Waals surface area (Å²) < 4.78 is 6.03. The van der Waals surface area contributed by atoms with Crippen LogP contribution in [0.2, 0.25) is 0 Å². The van der Waals surface area contributed by atoms with Crippen molar-refractivity contribution >= 4 is 24.5 Å². The molecular formula is C21H28N2O3S. The van der Waals surface area contributed by atoms with Crippen molar-refractivity contribution in [1.82, 2.24) is 4.90 Å². The Hall–Kier alpha value is -1.22. The zero-order valence-corrected chi connectivity index (χ0v) is 16.6. The fraction of sp³-hybridized carbons (Fsp3) is 0.857. The van der Waals surface area contributed by atoms with Crippen LogP contribution in [0, 0.1) is 34.5 Å². The first kappa shape index (κ1) is 17.8. The molecule has 5 nitrogen and oxygen atoms in total. The van der Waals surface area contributed by atoms with Crippen LogP contribution in [-0.4, -0.2) is 40.2 Å². The van der Waals surface area contributed by atoms with Crippen molar-refractivity contribution in [1.29, 1.82) is 5.26 Å². The minimum atomic E-state index is -0.355. The first-order chi connectivity index (χ1) is 12.9. The van der Waals surface area contributed by atoms with Crippen LogP contribution in [0.3, 0.4) is 0 Å². The number of hydrogen-bond donors (Lipinski definition) is 1. The highest BCUT2D eigenvalue weighted by Crippen LogP contribution is 2.64. The number of amides is 1. The van der Waals surface area contributed by atoms with Crippen LogP contribution in [0.4, 0.5) is 0 Å². The van der Waals surface area contributed by atoms with Crippen LogP contribution >= 0.6 is 12.6 Å². The molecule has 6 fully saturated rings. The van der Waals surface area contributed by atoms with E-state index in [4.69, 9.17) is 4.74 Å². The zero-order valence-electron chi connectivity index (χ0n) is 15.7. The van der Waals surface area contributed by atoms with E-state index in [1.165, 1.54) is 6.42 Å². The average Bonchev–Trinajstić information content (AvgIpc) is 3.22. The summed E-state index contributed by atoms with van der Waals surface area (Å²) in [5, 5.41) is 9.44. The van der Waals surface area contributed by atoms with E-state index in [0.29, 0.717) is 42.4 Å². The van der Waals surface area contributed by atoms with E-state index in [-0.39, 0.29) is 28.9 Å². The topological polar surface area (TPSA) is 70.4 Å². The molecule has 0 radical (unpaired) electrons. The number of rotatable bonds is 5. The van der Waals surface area contributed by atoms with Gasteiger partial charge in [0.1, 0.15) is 11.6 Å². The number of nitriles is 1. The lowest BCUT2D eigenvalue weighted by Gasteiger charge is -2.61. The molecule has 0 N–H and O–H groups in total. The Labute approximate surface area is 166 Å². The second kappa shape index (κ2) is 6.14. The van der Waals surface area contributed by atoms with E-state index in [2.05, 4.69) is 18.7 Å². The highest BCUT2D eigenvalue weighted by Gasteiger charge is 2.61. The monoisotopic (exact) mass is 388 g/mol. The summed E-state index contributed by atoms with van der Waals surface area (Å²) in [5.74, 6) is 2.24. The third-order valence-corrected chi connectivity index (χ3v) is 8.07. The number of hydrogen-bond acceptors (Lipinski definition) is 5. The van der Waals surface area contributed by atoms with Gasteiger partial charge in [0, 0.05) is 18.2 Å². The highest BCUT2D eigenvalue weighted by molar-refractivity contribution is 7.80. The molecule has 0 aromatic carbocycles. The molecule has 5 saturated carbocycles. The predicted molar refractivity (Wildman–Crippen MR) is 102 cm³/mol. The highest BCUT2D eigenvalue weighted by atomic mass is 32.1. The van der Waals surface area contributed by atoms with E-state index >= 15 is 0 Å². The predicted octanol–water partition coefficient (Wildman–Crippen LogP) is 3.09. The van der Waals surface area contributed by atoms with Gasteiger partial charge >= 0.3 is 5.97 Å². The molecule has 5 unspecified atom stereocenters. The normalized spacial score (nSPS) is 46.1. The van der Waals surface area contributed by atoms with Gasteiger partial charge in [-0.3, -0.25) is 9.59 Å². The number of ether oxygens (including phenoxy) is 1. The van der Waals surface area contributed by atoms with Crippen molar-refractivity contribution in [2.75, 3.05) is 5.75 Å². The van der Waals surface area contributed by atoms with E-state index in [9.17, 15) is 14.9 Å². The number of piperidine rings is 1. The second-order valence-electron chi connectivity index (χ2n) is 10.0. The summed E-state index contributed by atoms with van der Waals surface area (Å²) in [6.07, 6.45) is 8.97. The molecule has 146 valence electrons. The standard InChI is InChI=1S/C21H28N2O3S/c22-11-16-4-15-5-17(15)23(16)18(24)10-20-6-13-3-14(7-20)9-21(8-13,12-20)26-19(25)1-2-27/h13-17,27H,1-10,12H2. The number of nitrogens with zero attached hydrogens (tertiary/aromatic N) is 2. The van der Waals surface area contributed by atoms with E-state index < -0.39 is 0 Å². The van der Waals surface area contributed by atoms with Gasteiger partial charge in [-0.25, -0.2) is 0 Å². The van der Waals surface area contributed by atoms with Gasteiger partial charge in [-0.1, -0.05) is 0 Å². The molecule has 1 saturated heterocycles. The van der Waals surface area contributed by atoms with Gasteiger partial charge in [0.25, 0.3) is 0 Å². The van der Waals surface area contributed by atoms with Crippen molar-refractivity contribution < 1.29 is 14.3 Å². The van der Waals surface area contributed by atoms with Crippen LogP contribution < -0.4 is 0 Å². The molecule has 1 amide bonds. The first-order valence-electron chi connectivity index (χ1n) is 10.5. The number of esters is 1. The summed E-state index contributed by atoms with van der Waals surface area (Å²) in [4.78, 5) is 27.3. The number of carbonyl (C=O) groups is 2. The zero-order chi connectivity index (χ0) is 18.8. The summed E-state index contributed by atoms with van der Waals surface area (Å²) in [6.45, 7) is 0. The summed E-state index contributed by atoms with van der Waals surface area (Å²) in [6, 6.07) is 2.43. The molecule has 0 aromatic heterocycles. The maximum absolute atomic E-state index is 13.2. The van der Waals surface area contributed by atoms with Crippen molar-refractivity contribution in [2.24, 2.45) is 23.2 Å². The Morgan fingerprint density at radius 2 is 1.89 bits per heavy atom. The van der Waals surface area contributed by atoms with Crippen LogP contribution in [0.1, 0.15) is 64.2 Å². The quantitative estimate of drug-likeness (QED) is 0.580. The molecule has 0 spiro atoms. The van der Waals surface area contributed by atoms with E-state index in [1.807, 2.05) is 4.90 Å². The molecule has 0 aromatic rings. The molecule has 6 rings (SSSR count). The molecule has 1 aliphatic heterocycles. The lowest BCUT2D eigenvalue weighted by atomic mass is 9.47. The smallest absolute Gasteiger partial charge is 0.307 e. The summed E-state index contributed by atoms with van der Waals surface area (Å²) >= 11 is 4.16. The third kappa shape index (κ3) is 2.97. The molecule has 27 heavy (non-hydrogen) atoms. The SMILES string of the molecule is N#CC1CC2CC2N1C(=O)CC12CC3CC(C1)CC(OC(=O)CCS)(C3)C2. The summed E-state index contributed by atoms with van der Waals surface area (Å²) in [7, 11) is 0. The Kier molecular flexibility index (Phi) is 4.06. The Balaban J connectivity index is 1.34. The molecule has 5 aliphatic carbocycles. The maximum atomic E-state index is 13.2. The average molecular weight is 389 g/mol. The third-order valence-electron chi connectivity index (χ3n) is 7.84. The molecule has 4 bridgehead atoms. The number of fused-ring (bicyclic) bond motifs is 1. The van der Waals surface area contributed by atoms with Gasteiger partial charge in [-0.05, 0) is 74.5 Å². The molecule has 1 heterocycles. The van der Waals surface area contributed by atoms with Crippen LogP contribution in [0.15, 0.2) is 0 Å². The molecule has 5 atom stereocenters. The first-order valence-corrected chi connectivity index (χ1v) is 11.1. The van der Waals surface area contributed by atoms with Crippen LogP contribution in [-0.2, 0) is 14.3 Å². The minimum absolute atomic E-state index is 0.0323. The minimum Gasteiger partial charge on any atom is -0.459 e. The van der Waals surface area contributed by atoms with Gasteiger partial charge in [0.2, 0.25) is 5.91 Å². The lowest BCUT2D eigenvalue weighted by molar-refractivity contribution is -0.203. The fourth-order valence-electron chi connectivity index (χ4n) is 7.42. The van der Waals surface area contributed by atoms with Crippen LogP contribution in [0.5, 0.6) is 0 Å². The number of likely N-dealkylation sites (tertiary alicyclic amines) is 1. The Morgan fingerprint density at radius 3 is 2.56 bits per heavy atom. The van der Waals surface area contributed by atoms with Crippen molar-refractivity contribution in [2.45, 2.75) is 81.9 Å². The van der Waals surface area contributed by atoms with Gasteiger partial charge in [0.15, 0.2) is 0 Å². The van der Waals surface area contributed by atoms with Gasteiger partial charge in [0.05, 0.1) is 12.5 Å². The van der Waals surface area contributed by atoms with E-state index in [0.717, 1.165) is 44.9 Å². The second-order valence-corrected chi connectivity index (χ2v) is 10.5. The van der Waals surface area contributed by atoms with Crippen molar-refractivity contribution in [3.05, 3.63) is 0 Å². The molecular weight excluding hydrogens is 360 g/mol. The lowest BCUT2D eigenvalue weighted by Crippen LogP contribution is -2.58. The van der Waals surface area contributed by atoms with E-state index in [1.54, 1.807) is 0 Å². The number of thiol groups is 1. The van der Waals surface area contributed by atoms with Crippen molar-refractivity contribution in [3.8, 4) is 6.07 Å². The number of carbonyl (C=O) groups excluding carboxylic acids is 2. The molecule has 6 heteroatoms. The maximum Gasteiger partial charge on any atom is 0.307 e. The summed E-state index contributed by atoms with van der Waals surface area (Å²) in [5.41, 5.74) is -0.387. The van der Waals surface area contributed by atoms with Gasteiger partial charge in [-0.2, -0.15) is 17.9 Å². The fourth-order valence-corrected chi connectivity index (χ4v) is 7.60. The molecule has 6 aliphatic rings. The van der Waals surface area contributed by atoms with Gasteiger partial charge in [-0.15, -0.1) is 0 Å². The van der Waals surface area contributed by atoms with Crippen molar-refractivity contribution in [3.63, 3.8) is 0 Å². The Bertz CT molecular complexity index is 703. The largest absolute Gasteiger partial charge is 0.459 e.